The molecule has 0 radical (unpaired) electrons. The maximum absolute atomic E-state index is 12.0. The first-order valence-corrected chi connectivity index (χ1v) is 6.48. The maximum Gasteiger partial charge on any atom is 0.258 e. The van der Waals surface area contributed by atoms with Gasteiger partial charge in [-0.1, -0.05) is 36.4 Å². The second-order valence-corrected chi connectivity index (χ2v) is 4.72. The minimum atomic E-state index is -0.304. The van der Waals surface area contributed by atoms with Crippen molar-refractivity contribution in [1.82, 2.24) is 5.32 Å². The van der Waals surface area contributed by atoms with Crippen LogP contribution in [0.4, 0.5) is 5.69 Å². The molecule has 2 amide bonds. The van der Waals surface area contributed by atoms with Crippen LogP contribution in [0.25, 0.3) is 0 Å². The van der Waals surface area contributed by atoms with E-state index in [0.717, 1.165) is 16.8 Å². The topological polar surface area (TPSA) is 58.2 Å². The van der Waals surface area contributed by atoms with E-state index < -0.39 is 0 Å². The molecule has 0 aliphatic carbocycles. The zero-order valence-corrected chi connectivity index (χ0v) is 10.8. The normalized spacial score (nSPS) is 13.6. The average molecular weight is 266 g/mol. The number of para-hydroxylation sites is 1. The third kappa shape index (κ3) is 2.40. The van der Waals surface area contributed by atoms with Gasteiger partial charge in [-0.2, -0.15) is 0 Å². The highest BCUT2D eigenvalue weighted by atomic mass is 16.2. The summed E-state index contributed by atoms with van der Waals surface area (Å²) in [5, 5.41) is 5.65. The SMILES string of the molecule is O=C1Cc2cccc(CNc3ccccc3)c2C(=O)N1. The number of anilines is 1. The number of benzene rings is 2. The fourth-order valence-corrected chi connectivity index (χ4v) is 2.40. The van der Waals surface area contributed by atoms with E-state index in [1.807, 2.05) is 48.5 Å². The van der Waals surface area contributed by atoms with Gasteiger partial charge in [0.15, 0.2) is 0 Å². The Hall–Kier alpha value is -2.62. The first kappa shape index (κ1) is 12.4. The Bertz CT molecular complexity index is 665. The van der Waals surface area contributed by atoms with Crippen LogP contribution in [0, 0.1) is 0 Å². The molecule has 0 saturated heterocycles. The highest BCUT2D eigenvalue weighted by Gasteiger charge is 2.24. The Morgan fingerprint density at radius 1 is 1.00 bits per heavy atom. The maximum atomic E-state index is 12.0. The van der Waals surface area contributed by atoms with E-state index in [1.165, 1.54) is 0 Å². The van der Waals surface area contributed by atoms with Crippen molar-refractivity contribution < 1.29 is 9.59 Å². The molecule has 2 aromatic carbocycles. The minimum Gasteiger partial charge on any atom is -0.381 e. The van der Waals surface area contributed by atoms with Crippen LogP contribution in [0.5, 0.6) is 0 Å². The van der Waals surface area contributed by atoms with Crippen LogP contribution in [0.2, 0.25) is 0 Å². The van der Waals surface area contributed by atoms with Crippen molar-refractivity contribution in [2.45, 2.75) is 13.0 Å². The van der Waals surface area contributed by atoms with Gasteiger partial charge < -0.3 is 5.32 Å². The van der Waals surface area contributed by atoms with Gasteiger partial charge in [-0.25, -0.2) is 0 Å². The summed E-state index contributed by atoms with van der Waals surface area (Å²) in [7, 11) is 0. The lowest BCUT2D eigenvalue weighted by Crippen LogP contribution is -2.38. The van der Waals surface area contributed by atoms with Gasteiger partial charge in [0.05, 0.1) is 6.42 Å². The van der Waals surface area contributed by atoms with E-state index in [9.17, 15) is 9.59 Å². The molecule has 100 valence electrons. The van der Waals surface area contributed by atoms with Crippen molar-refractivity contribution in [2.75, 3.05) is 5.32 Å². The van der Waals surface area contributed by atoms with E-state index in [0.29, 0.717) is 12.1 Å². The third-order valence-corrected chi connectivity index (χ3v) is 3.32. The number of carbonyl (C=O) groups is 2. The smallest absolute Gasteiger partial charge is 0.258 e. The summed E-state index contributed by atoms with van der Waals surface area (Å²) < 4.78 is 0. The molecule has 0 aromatic heterocycles. The molecule has 1 aliphatic heterocycles. The molecule has 1 heterocycles. The molecule has 0 bridgehead atoms. The number of nitrogens with one attached hydrogen (secondary N) is 2. The first-order valence-electron chi connectivity index (χ1n) is 6.48. The summed E-state index contributed by atoms with van der Waals surface area (Å²) in [6.45, 7) is 0.550. The van der Waals surface area contributed by atoms with Crippen LogP contribution in [0.15, 0.2) is 48.5 Å². The van der Waals surface area contributed by atoms with Crippen LogP contribution in [-0.2, 0) is 17.8 Å². The number of hydrogen-bond donors (Lipinski definition) is 2. The van der Waals surface area contributed by atoms with Crippen molar-refractivity contribution in [2.24, 2.45) is 0 Å². The zero-order valence-electron chi connectivity index (χ0n) is 10.8. The van der Waals surface area contributed by atoms with Crippen molar-refractivity contribution in [3.8, 4) is 0 Å². The number of amides is 2. The summed E-state index contributed by atoms with van der Waals surface area (Å²) in [5.74, 6) is -0.544. The molecule has 0 atom stereocenters. The molecule has 2 aromatic rings. The molecule has 0 spiro atoms. The molecular formula is C16H14N2O2. The lowest BCUT2D eigenvalue weighted by molar-refractivity contribution is -0.119. The van der Waals surface area contributed by atoms with Crippen molar-refractivity contribution in [3.63, 3.8) is 0 Å². The van der Waals surface area contributed by atoms with Gasteiger partial charge in [-0.05, 0) is 23.3 Å². The minimum absolute atomic E-state index is 0.240. The van der Waals surface area contributed by atoms with Gasteiger partial charge in [0, 0.05) is 17.8 Å². The van der Waals surface area contributed by atoms with E-state index in [-0.39, 0.29) is 18.2 Å². The third-order valence-electron chi connectivity index (χ3n) is 3.32. The van der Waals surface area contributed by atoms with Crippen LogP contribution in [0.1, 0.15) is 21.5 Å². The van der Waals surface area contributed by atoms with Gasteiger partial charge in [0.25, 0.3) is 5.91 Å². The summed E-state index contributed by atoms with van der Waals surface area (Å²) >= 11 is 0. The zero-order chi connectivity index (χ0) is 13.9. The van der Waals surface area contributed by atoms with Crippen LogP contribution < -0.4 is 10.6 Å². The Labute approximate surface area is 116 Å². The summed E-state index contributed by atoms with van der Waals surface area (Å²) in [4.78, 5) is 23.3. The lowest BCUT2D eigenvalue weighted by atomic mass is 9.95. The van der Waals surface area contributed by atoms with Crippen LogP contribution in [0.3, 0.4) is 0 Å². The fraction of sp³-hybridized carbons (Fsp3) is 0.125. The van der Waals surface area contributed by atoms with E-state index in [4.69, 9.17) is 0 Å². The van der Waals surface area contributed by atoms with Crippen molar-refractivity contribution in [3.05, 3.63) is 65.2 Å². The highest BCUT2D eigenvalue weighted by molar-refractivity contribution is 6.10. The highest BCUT2D eigenvalue weighted by Crippen LogP contribution is 2.20. The van der Waals surface area contributed by atoms with Gasteiger partial charge >= 0.3 is 0 Å². The van der Waals surface area contributed by atoms with Crippen LogP contribution in [-0.4, -0.2) is 11.8 Å². The number of fused-ring (bicyclic) bond motifs is 1. The second-order valence-electron chi connectivity index (χ2n) is 4.72. The predicted molar refractivity (Wildman–Crippen MR) is 76.4 cm³/mol. The van der Waals surface area contributed by atoms with E-state index >= 15 is 0 Å². The Morgan fingerprint density at radius 2 is 1.80 bits per heavy atom. The summed E-state index contributed by atoms with van der Waals surface area (Å²) in [6.07, 6.45) is 0.264. The standard InChI is InChI=1S/C16H14N2O2/c19-14-9-11-5-4-6-12(15(11)16(20)18-14)10-17-13-7-2-1-3-8-13/h1-8,17H,9-10H2,(H,18,19,20). The summed E-state index contributed by atoms with van der Waals surface area (Å²) in [6, 6.07) is 15.4. The molecule has 20 heavy (non-hydrogen) atoms. The summed E-state index contributed by atoms with van der Waals surface area (Å²) in [5.41, 5.74) is 3.32. The van der Waals surface area contributed by atoms with Gasteiger partial charge in [0.1, 0.15) is 0 Å². The average Bonchev–Trinajstić information content (AvgIpc) is 2.45. The molecule has 0 saturated carbocycles. The molecule has 4 heteroatoms. The molecular weight excluding hydrogens is 252 g/mol. The largest absolute Gasteiger partial charge is 0.381 e. The Kier molecular flexibility index (Phi) is 3.21. The van der Waals surface area contributed by atoms with Crippen molar-refractivity contribution in [1.29, 1.82) is 0 Å². The Morgan fingerprint density at radius 3 is 2.60 bits per heavy atom. The number of carbonyl (C=O) groups excluding carboxylic acids is 2. The van der Waals surface area contributed by atoms with Gasteiger partial charge in [-0.15, -0.1) is 0 Å². The monoisotopic (exact) mass is 266 g/mol. The number of hydrogen-bond acceptors (Lipinski definition) is 3. The fourth-order valence-electron chi connectivity index (χ4n) is 2.40. The first-order chi connectivity index (χ1) is 9.74. The van der Waals surface area contributed by atoms with Gasteiger partial charge in [-0.3, -0.25) is 14.9 Å². The molecule has 3 rings (SSSR count). The second kappa shape index (κ2) is 5.17. The molecule has 2 N–H and O–H groups in total. The predicted octanol–water partition coefficient (Wildman–Crippen LogP) is 2.11. The van der Waals surface area contributed by atoms with E-state index in [2.05, 4.69) is 10.6 Å². The number of rotatable bonds is 3. The molecule has 4 nitrogen and oxygen atoms in total. The Balaban J connectivity index is 1.86. The quantitative estimate of drug-likeness (QED) is 0.837. The molecule has 0 unspecified atom stereocenters. The number of imide groups is 1. The van der Waals surface area contributed by atoms with Crippen LogP contribution >= 0.6 is 0 Å². The van der Waals surface area contributed by atoms with E-state index in [1.54, 1.807) is 0 Å². The lowest BCUT2D eigenvalue weighted by Gasteiger charge is -2.19. The van der Waals surface area contributed by atoms with Gasteiger partial charge in [0.2, 0.25) is 5.91 Å². The molecule has 1 aliphatic rings. The molecule has 0 fully saturated rings. The van der Waals surface area contributed by atoms with Crippen molar-refractivity contribution >= 4 is 17.5 Å².